The summed E-state index contributed by atoms with van der Waals surface area (Å²) in [6.07, 6.45) is -3.74. The topological polar surface area (TPSA) is 244 Å². The molecule has 6 N–H and O–H groups in total. The fourth-order valence-corrected chi connectivity index (χ4v) is 7.00. The smallest absolute Gasteiger partial charge is 0.358 e. The van der Waals surface area contributed by atoms with E-state index in [0.29, 0.717) is 0 Å². The molecule has 0 spiro atoms. The van der Waals surface area contributed by atoms with E-state index in [1.165, 1.54) is 25.1 Å². The lowest BCUT2D eigenvalue weighted by Crippen LogP contribution is -2.64. The first kappa shape index (κ1) is 33.2. The number of phenols is 2. The lowest BCUT2D eigenvalue weighted by atomic mass is 9.69. The molecule has 1 aliphatic carbocycles. The van der Waals surface area contributed by atoms with Gasteiger partial charge in [-0.05, 0) is 30.2 Å². The van der Waals surface area contributed by atoms with E-state index >= 15 is 0 Å². The maximum absolute atomic E-state index is 13.7. The summed E-state index contributed by atoms with van der Waals surface area (Å²) in [6, 6.07) is 4.98. The number of Topliss-reactive ketones (excluding diaryl/α,β-unsaturated/α-hetero) is 2. The Balaban J connectivity index is 0.00000433. The second-order valence-corrected chi connectivity index (χ2v) is 11.9. The largest absolute Gasteiger partial charge is 0.507 e. The molecule has 0 unspecified atom stereocenters. The molecule has 0 amide bonds. The standard InChI is InChI=1S/C32H30O14.H2O/c1-12-9-17(34)23-25(38)22-16(33)7-5-15(26(22)46-32(23,27(12)39)30(41)43-4)14-6-8-19-21(24(14)37)18(35)11-31(45-19,29(40)42-3)28-13(2)10-20(36)44-28;/h5-8,12-13,27-28,33,37-39H,9-11H2,1-4H3;1H2/t12-,13-,27+,28+,31-,32+;/m0./s1. The average Bonchev–Trinajstić information content (AvgIpc) is 3.36. The van der Waals surface area contributed by atoms with Crippen molar-refractivity contribution >= 4 is 35.2 Å². The van der Waals surface area contributed by atoms with E-state index in [1.54, 1.807) is 6.92 Å². The number of esters is 3. The molecule has 15 heteroatoms. The van der Waals surface area contributed by atoms with Crippen LogP contribution in [-0.4, -0.2) is 93.0 Å². The minimum absolute atomic E-state index is 0. The molecular formula is C32H32O15. The third kappa shape index (κ3) is 4.44. The van der Waals surface area contributed by atoms with Gasteiger partial charge in [-0.3, -0.25) is 14.4 Å². The van der Waals surface area contributed by atoms with Gasteiger partial charge in [0, 0.05) is 23.5 Å². The molecule has 6 rings (SSSR count). The quantitative estimate of drug-likeness (QED) is 0.268. The van der Waals surface area contributed by atoms with Gasteiger partial charge in [-0.25, -0.2) is 9.59 Å². The first-order valence-electron chi connectivity index (χ1n) is 14.4. The number of hydrogen-bond acceptors (Lipinski definition) is 14. The van der Waals surface area contributed by atoms with Gasteiger partial charge in [-0.2, -0.15) is 0 Å². The number of ketones is 2. The van der Waals surface area contributed by atoms with Crippen LogP contribution < -0.4 is 9.47 Å². The number of fused-ring (bicyclic) bond motifs is 3. The van der Waals surface area contributed by atoms with Crippen LogP contribution in [0.15, 0.2) is 29.8 Å². The molecule has 3 aliphatic heterocycles. The fourth-order valence-electron chi connectivity index (χ4n) is 7.00. The maximum Gasteiger partial charge on any atom is 0.358 e. The molecule has 6 atom stereocenters. The van der Waals surface area contributed by atoms with Crippen molar-refractivity contribution in [3.05, 3.63) is 41.0 Å². The summed E-state index contributed by atoms with van der Waals surface area (Å²) in [5.74, 6) is -8.17. The van der Waals surface area contributed by atoms with E-state index in [1.807, 2.05) is 0 Å². The Hall–Kier alpha value is -5.15. The van der Waals surface area contributed by atoms with Crippen LogP contribution in [-0.2, 0) is 33.4 Å². The van der Waals surface area contributed by atoms with Gasteiger partial charge in [0.25, 0.3) is 5.60 Å². The summed E-state index contributed by atoms with van der Waals surface area (Å²) in [6.45, 7) is 3.16. The molecule has 0 radical (unpaired) electrons. The average molecular weight is 657 g/mol. The molecule has 1 saturated heterocycles. The first-order valence-corrected chi connectivity index (χ1v) is 14.4. The Morgan fingerprint density at radius 3 is 2.13 bits per heavy atom. The van der Waals surface area contributed by atoms with Crippen molar-refractivity contribution < 1.29 is 73.6 Å². The van der Waals surface area contributed by atoms with E-state index in [9.17, 15) is 44.4 Å². The van der Waals surface area contributed by atoms with Gasteiger partial charge in [0.05, 0.1) is 32.6 Å². The summed E-state index contributed by atoms with van der Waals surface area (Å²) in [5, 5.41) is 44.9. The van der Waals surface area contributed by atoms with E-state index in [0.717, 1.165) is 20.3 Å². The highest BCUT2D eigenvalue weighted by atomic mass is 16.6. The molecule has 4 aliphatic rings. The number of aromatic hydroxyl groups is 2. The fraction of sp³-hybridized carbons (Fsp3) is 0.406. The van der Waals surface area contributed by atoms with Crippen molar-refractivity contribution in [1.82, 2.24) is 0 Å². The Labute approximate surface area is 266 Å². The Morgan fingerprint density at radius 1 is 0.851 bits per heavy atom. The minimum Gasteiger partial charge on any atom is -0.507 e. The summed E-state index contributed by atoms with van der Waals surface area (Å²) in [4.78, 5) is 65.3. The van der Waals surface area contributed by atoms with E-state index in [-0.39, 0.29) is 40.8 Å². The molecule has 250 valence electrons. The third-order valence-corrected chi connectivity index (χ3v) is 9.15. The second kappa shape index (κ2) is 11.3. The predicted octanol–water partition coefficient (Wildman–Crippen LogP) is 1.31. The number of carbonyl (C=O) groups is 5. The van der Waals surface area contributed by atoms with Crippen LogP contribution in [0.4, 0.5) is 0 Å². The molecule has 2 aromatic carbocycles. The Kier molecular flexibility index (Phi) is 7.97. The van der Waals surface area contributed by atoms with Crippen LogP contribution in [0.25, 0.3) is 16.9 Å². The van der Waals surface area contributed by atoms with E-state index in [2.05, 4.69) is 0 Å². The molecule has 47 heavy (non-hydrogen) atoms. The Morgan fingerprint density at radius 2 is 1.51 bits per heavy atom. The normalized spacial score (nSPS) is 29.3. The molecule has 3 heterocycles. The SMILES string of the molecule is COC(=O)[C@@]12Oc3c(-c4ccc5c(c4O)C(=O)C[C@@](C(=O)OC)([C@@H]4OC(=O)C[C@@H]4C)O5)ccc(O)c3C(O)=C1C(=O)C[C@H](C)[C@H]2O.O. The molecular weight excluding hydrogens is 624 g/mol. The zero-order valence-corrected chi connectivity index (χ0v) is 25.6. The molecule has 0 bridgehead atoms. The van der Waals surface area contributed by atoms with E-state index in [4.69, 9.17) is 23.7 Å². The minimum atomic E-state index is -2.53. The summed E-state index contributed by atoms with van der Waals surface area (Å²) in [5.41, 5.74) is -6.04. The molecule has 2 fully saturated rings. The van der Waals surface area contributed by atoms with Gasteiger partial charge < -0.3 is 49.6 Å². The van der Waals surface area contributed by atoms with Gasteiger partial charge in [-0.1, -0.05) is 13.8 Å². The molecule has 15 nitrogen and oxygen atoms in total. The maximum atomic E-state index is 13.7. The number of hydrogen-bond donors (Lipinski definition) is 4. The zero-order chi connectivity index (χ0) is 33.5. The molecule has 2 aromatic rings. The number of methoxy groups -OCH3 is 2. The van der Waals surface area contributed by atoms with Crippen LogP contribution in [0.5, 0.6) is 23.0 Å². The summed E-state index contributed by atoms with van der Waals surface area (Å²) >= 11 is 0. The van der Waals surface area contributed by atoms with Crippen LogP contribution in [0.1, 0.15) is 49.0 Å². The van der Waals surface area contributed by atoms with Crippen molar-refractivity contribution in [2.45, 2.75) is 56.5 Å². The number of benzene rings is 2. The number of ether oxygens (including phenoxy) is 5. The highest BCUT2D eigenvalue weighted by Crippen LogP contribution is 2.55. The summed E-state index contributed by atoms with van der Waals surface area (Å²) in [7, 11) is 2.10. The van der Waals surface area contributed by atoms with Crippen LogP contribution in [0.2, 0.25) is 0 Å². The highest BCUT2D eigenvalue weighted by molar-refractivity contribution is 6.13. The lowest BCUT2D eigenvalue weighted by Gasteiger charge is -2.45. The number of carbonyl (C=O) groups excluding carboxylic acids is 5. The van der Waals surface area contributed by atoms with Crippen molar-refractivity contribution in [2.24, 2.45) is 11.8 Å². The highest BCUT2D eigenvalue weighted by Gasteiger charge is 2.64. The molecule has 1 saturated carbocycles. The van der Waals surface area contributed by atoms with Gasteiger partial charge in [0.15, 0.2) is 17.7 Å². The van der Waals surface area contributed by atoms with Gasteiger partial charge in [-0.15, -0.1) is 0 Å². The molecule has 0 aromatic heterocycles. The number of aliphatic hydroxyl groups excluding tert-OH is 2. The van der Waals surface area contributed by atoms with Gasteiger partial charge >= 0.3 is 17.9 Å². The second-order valence-electron chi connectivity index (χ2n) is 11.9. The van der Waals surface area contributed by atoms with E-state index < -0.39 is 105 Å². The number of phenolic OH excluding ortho intramolecular Hbond substituents is 2. The van der Waals surface area contributed by atoms with Crippen LogP contribution >= 0.6 is 0 Å². The zero-order valence-electron chi connectivity index (χ0n) is 25.6. The third-order valence-electron chi connectivity index (χ3n) is 9.15. The van der Waals surface area contributed by atoms with Crippen molar-refractivity contribution in [2.75, 3.05) is 14.2 Å². The van der Waals surface area contributed by atoms with Crippen molar-refractivity contribution in [3.63, 3.8) is 0 Å². The van der Waals surface area contributed by atoms with Crippen LogP contribution in [0, 0.1) is 11.8 Å². The number of rotatable bonds is 4. The van der Waals surface area contributed by atoms with Crippen molar-refractivity contribution in [1.29, 1.82) is 0 Å². The Bertz CT molecular complexity index is 1780. The number of aliphatic hydroxyl groups is 2. The van der Waals surface area contributed by atoms with Gasteiger partial charge in [0.2, 0.25) is 5.60 Å². The first-order chi connectivity index (χ1) is 21.7. The predicted molar refractivity (Wildman–Crippen MR) is 157 cm³/mol. The summed E-state index contributed by atoms with van der Waals surface area (Å²) < 4.78 is 27.4. The monoisotopic (exact) mass is 656 g/mol. The van der Waals surface area contributed by atoms with Crippen LogP contribution in [0.3, 0.4) is 0 Å². The number of cyclic esters (lactones) is 1. The van der Waals surface area contributed by atoms with Gasteiger partial charge in [0.1, 0.15) is 46.0 Å². The lowest BCUT2D eigenvalue weighted by molar-refractivity contribution is -0.177. The van der Waals surface area contributed by atoms with Crippen molar-refractivity contribution in [3.8, 4) is 34.1 Å².